The predicted octanol–water partition coefficient (Wildman–Crippen LogP) is 19.8. The van der Waals surface area contributed by atoms with Gasteiger partial charge in [0.1, 0.15) is 19.3 Å². The molecule has 0 spiro atoms. The van der Waals surface area contributed by atoms with Gasteiger partial charge in [-0.2, -0.15) is 0 Å². The van der Waals surface area contributed by atoms with Crippen molar-refractivity contribution in [2.75, 3.05) is 39.6 Å². The number of rotatable bonds is 68. The number of carbonyl (C=O) groups excluding carboxylic acids is 4. The third-order valence-electron chi connectivity index (χ3n) is 16.5. The first kappa shape index (κ1) is 87.1. The van der Waals surface area contributed by atoms with Crippen LogP contribution in [0.2, 0.25) is 0 Å². The van der Waals surface area contributed by atoms with Crippen LogP contribution in [0, 0.1) is 17.8 Å². The van der Waals surface area contributed by atoms with Gasteiger partial charge >= 0.3 is 39.5 Å². The number of aliphatic hydroxyl groups is 1. The van der Waals surface area contributed by atoms with Gasteiger partial charge in [-0.1, -0.05) is 299 Å². The Bertz CT molecular complexity index is 1750. The maximum atomic E-state index is 13.0. The standard InChI is InChI=1S/C70H136O17P2/c1-8-10-11-12-13-14-15-16-17-21-30-37-44-51-67(72)80-57-65(86-69(74)53-46-39-32-22-19-18-20-29-36-43-50-63(7)9-2)59-84-88(76,77)82-55-64(71)56-83-89(78,79)85-60-66(87-70(75)54-47-40-33-26-24-28-35-42-49-62(5)6)58-81-68(73)52-45-38-31-25-23-27-34-41-48-61(3)4/h61-66,71H,8-60H2,1-7H3,(H,76,77)(H,78,79)/t63?,64-,65-,66-/m1/s1. The summed E-state index contributed by atoms with van der Waals surface area (Å²) in [5, 5.41) is 10.6. The summed E-state index contributed by atoms with van der Waals surface area (Å²) in [6, 6.07) is 0. The number of hydrogen-bond acceptors (Lipinski definition) is 15. The van der Waals surface area contributed by atoms with E-state index in [2.05, 4.69) is 48.5 Å². The fourth-order valence-electron chi connectivity index (χ4n) is 10.5. The molecular formula is C70H136O17P2. The monoisotopic (exact) mass is 1310 g/mol. The van der Waals surface area contributed by atoms with Gasteiger partial charge in [-0.05, 0) is 43.4 Å². The highest BCUT2D eigenvalue weighted by molar-refractivity contribution is 7.47. The Balaban J connectivity index is 5.26. The molecule has 0 radical (unpaired) electrons. The molecule has 0 aromatic heterocycles. The zero-order chi connectivity index (χ0) is 65.9. The van der Waals surface area contributed by atoms with Crippen molar-refractivity contribution in [2.24, 2.45) is 17.8 Å². The van der Waals surface area contributed by atoms with E-state index in [0.29, 0.717) is 25.7 Å². The highest BCUT2D eigenvalue weighted by Gasteiger charge is 2.30. The van der Waals surface area contributed by atoms with Crippen molar-refractivity contribution < 1.29 is 80.2 Å². The van der Waals surface area contributed by atoms with Crippen LogP contribution < -0.4 is 0 Å². The number of carbonyl (C=O) groups is 4. The normalized spacial score (nSPS) is 14.5. The van der Waals surface area contributed by atoms with Crippen LogP contribution in [0.3, 0.4) is 0 Å². The van der Waals surface area contributed by atoms with Gasteiger partial charge in [-0.15, -0.1) is 0 Å². The molecule has 3 unspecified atom stereocenters. The Morgan fingerprint density at radius 1 is 0.326 bits per heavy atom. The van der Waals surface area contributed by atoms with E-state index in [-0.39, 0.29) is 25.7 Å². The molecule has 3 N–H and O–H groups in total. The van der Waals surface area contributed by atoms with E-state index in [1.807, 2.05) is 0 Å². The van der Waals surface area contributed by atoms with Gasteiger partial charge in [-0.3, -0.25) is 37.3 Å². The molecule has 0 rings (SSSR count). The third-order valence-corrected chi connectivity index (χ3v) is 18.4. The van der Waals surface area contributed by atoms with E-state index in [0.717, 1.165) is 108 Å². The molecule has 0 aliphatic rings. The quantitative estimate of drug-likeness (QED) is 0.0222. The number of aliphatic hydroxyl groups excluding tert-OH is 1. The van der Waals surface area contributed by atoms with Crippen LogP contribution in [-0.2, 0) is 65.4 Å². The van der Waals surface area contributed by atoms with Gasteiger partial charge in [-0.25, -0.2) is 9.13 Å². The molecule has 0 aliphatic carbocycles. The van der Waals surface area contributed by atoms with Gasteiger partial charge in [0.25, 0.3) is 0 Å². The van der Waals surface area contributed by atoms with E-state index in [1.54, 1.807) is 0 Å². The molecule has 0 amide bonds. The van der Waals surface area contributed by atoms with E-state index >= 15 is 0 Å². The molecular weight excluding hydrogens is 1170 g/mol. The van der Waals surface area contributed by atoms with Crippen LogP contribution in [0.5, 0.6) is 0 Å². The molecule has 6 atom stereocenters. The smallest absolute Gasteiger partial charge is 0.462 e. The number of esters is 4. The molecule has 0 fully saturated rings. The fourth-order valence-corrected chi connectivity index (χ4v) is 12.1. The van der Waals surface area contributed by atoms with Crippen molar-refractivity contribution in [3.8, 4) is 0 Å². The van der Waals surface area contributed by atoms with E-state index < -0.39 is 97.5 Å². The molecule has 0 aromatic rings. The van der Waals surface area contributed by atoms with Crippen LogP contribution in [0.15, 0.2) is 0 Å². The molecule has 0 aliphatic heterocycles. The summed E-state index contributed by atoms with van der Waals surface area (Å²) >= 11 is 0. The second-order valence-corrected chi connectivity index (χ2v) is 29.4. The van der Waals surface area contributed by atoms with Gasteiger partial charge < -0.3 is 33.8 Å². The minimum atomic E-state index is -4.95. The number of phosphoric acid groups is 2. The molecule has 0 aromatic carbocycles. The first-order chi connectivity index (χ1) is 42.8. The van der Waals surface area contributed by atoms with E-state index in [1.165, 1.54) is 161 Å². The van der Waals surface area contributed by atoms with Crippen LogP contribution in [0.25, 0.3) is 0 Å². The van der Waals surface area contributed by atoms with Gasteiger partial charge in [0.2, 0.25) is 0 Å². The molecule has 528 valence electrons. The van der Waals surface area contributed by atoms with Crippen molar-refractivity contribution in [2.45, 2.75) is 369 Å². The second-order valence-electron chi connectivity index (χ2n) is 26.5. The Kier molecular flexibility index (Phi) is 59.6. The lowest BCUT2D eigenvalue weighted by molar-refractivity contribution is -0.161. The Morgan fingerprint density at radius 2 is 0.573 bits per heavy atom. The van der Waals surface area contributed by atoms with Crippen LogP contribution in [0.4, 0.5) is 0 Å². The lowest BCUT2D eigenvalue weighted by Gasteiger charge is -2.21. The van der Waals surface area contributed by atoms with Crippen molar-refractivity contribution >= 4 is 39.5 Å². The lowest BCUT2D eigenvalue weighted by atomic mass is 9.99. The topological polar surface area (TPSA) is 237 Å². The number of unbranched alkanes of at least 4 members (excludes halogenated alkanes) is 35. The molecule has 0 saturated heterocycles. The van der Waals surface area contributed by atoms with Crippen molar-refractivity contribution in [1.82, 2.24) is 0 Å². The number of hydrogen-bond donors (Lipinski definition) is 3. The zero-order valence-corrected chi connectivity index (χ0v) is 59.7. The van der Waals surface area contributed by atoms with Crippen molar-refractivity contribution in [3.05, 3.63) is 0 Å². The van der Waals surface area contributed by atoms with Crippen LogP contribution in [0.1, 0.15) is 350 Å². The average Bonchev–Trinajstić information content (AvgIpc) is 3.68. The first-order valence-corrected chi connectivity index (χ1v) is 39.4. The Labute approximate surface area is 543 Å². The lowest BCUT2D eigenvalue weighted by Crippen LogP contribution is -2.30. The highest BCUT2D eigenvalue weighted by Crippen LogP contribution is 2.45. The second kappa shape index (κ2) is 61.0. The summed E-state index contributed by atoms with van der Waals surface area (Å²) in [7, 11) is -9.90. The minimum absolute atomic E-state index is 0.104. The molecule has 0 bridgehead atoms. The maximum Gasteiger partial charge on any atom is 0.472 e. The first-order valence-electron chi connectivity index (χ1n) is 36.4. The van der Waals surface area contributed by atoms with Crippen molar-refractivity contribution in [1.29, 1.82) is 0 Å². The summed E-state index contributed by atoms with van der Waals surface area (Å²) in [5.41, 5.74) is 0. The Morgan fingerprint density at radius 3 is 0.854 bits per heavy atom. The molecule has 0 saturated carbocycles. The zero-order valence-electron chi connectivity index (χ0n) is 57.9. The van der Waals surface area contributed by atoms with Gasteiger partial charge in [0, 0.05) is 25.7 Å². The molecule has 0 heterocycles. The molecule has 89 heavy (non-hydrogen) atoms. The summed E-state index contributed by atoms with van der Waals surface area (Å²) in [4.78, 5) is 72.5. The van der Waals surface area contributed by atoms with E-state index in [4.69, 9.17) is 37.0 Å². The predicted molar refractivity (Wildman–Crippen MR) is 358 cm³/mol. The van der Waals surface area contributed by atoms with Crippen LogP contribution >= 0.6 is 15.6 Å². The SMILES string of the molecule is CCCCCCCCCCCCCCCC(=O)OC[C@H](COP(=O)(O)OC[C@@H](O)COP(=O)(O)OC[C@@H](COC(=O)CCCCCCCCCCC(C)C)OC(=O)CCCCCCCCCCC(C)C)OC(=O)CCCCCCCCCCCCC(C)CC. The Hall–Kier alpha value is -1.94. The summed E-state index contributed by atoms with van der Waals surface area (Å²) < 4.78 is 68.3. The number of phosphoric ester groups is 2. The summed E-state index contributed by atoms with van der Waals surface area (Å²) in [5.74, 6) is 0.120. The van der Waals surface area contributed by atoms with Crippen LogP contribution in [-0.4, -0.2) is 96.7 Å². The molecule has 19 heteroatoms. The van der Waals surface area contributed by atoms with Gasteiger partial charge in [0.05, 0.1) is 26.4 Å². The van der Waals surface area contributed by atoms with E-state index in [9.17, 15) is 43.2 Å². The third kappa shape index (κ3) is 63.2. The summed E-state index contributed by atoms with van der Waals surface area (Å²) in [6.07, 6.45) is 44.4. The van der Waals surface area contributed by atoms with Crippen molar-refractivity contribution in [3.63, 3.8) is 0 Å². The van der Waals surface area contributed by atoms with Gasteiger partial charge in [0.15, 0.2) is 12.2 Å². The average molecular weight is 1310 g/mol. The highest BCUT2D eigenvalue weighted by atomic mass is 31.2. The maximum absolute atomic E-state index is 13.0. The fraction of sp³-hybridized carbons (Fsp3) is 0.943. The molecule has 17 nitrogen and oxygen atoms in total. The largest absolute Gasteiger partial charge is 0.472 e. The minimum Gasteiger partial charge on any atom is -0.462 e. The number of ether oxygens (including phenoxy) is 4. The summed E-state index contributed by atoms with van der Waals surface area (Å²) in [6.45, 7) is 11.8.